The molecule has 7 bridgehead atoms. The first-order valence-electron chi connectivity index (χ1n) is 23.5. The number of methoxy groups -OCH3 is 4. The fraction of sp³-hybridized carbons (Fsp3) is 0.760. The SMILES string of the molecule is CCCCC/C=C\C/C=C\CCCCCCCC(=O)O[C@@]12[C@@H]3[C@@H](CC([C@@H](OC)[C@@H]1O)[C@@H]3OC(=O)c1ccccc1)[C@@]13C4[C@@H]2[C@H](OC)[C@@H]1[C@@](COC)(CC[C@@H]3OC)CN4CC. The van der Waals surface area contributed by atoms with Gasteiger partial charge in [0.25, 0.3) is 0 Å². The lowest BCUT2D eigenvalue weighted by Crippen LogP contribution is -2.79. The van der Waals surface area contributed by atoms with E-state index in [-0.39, 0.29) is 53.8 Å². The Balaban J connectivity index is 1.16. The molecule has 334 valence electrons. The molecule has 60 heavy (non-hydrogen) atoms. The number of aliphatic hydroxyl groups is 1. The molecule has 0 radical (unpaired) electrons. The van der Waals surface area contributed by atoms with Crippen LogP contribution in [0.1, 0.15) is 121 Å². The fourth-order valence-electron chi connectivity index (χ4n) is 14.4. The summed E-state index contributed by atoms with van der Waals surface area (Å²) in [6.07, 6.45) is 20.8. The highest BCUT2D eigenvalue weighted by Gasteiger charge is 2.89. The van der Waals surface area contributed by atoms with Crippen LogP contribution in [0.2, 0.25) is 0 Å². The summed E-state index contributed by atoms with van der Waals surface area (Å²) in [6.45, 7) is 6.62. The van der Waals surface area contributed by atoms with E-state index in [1.54, 1.807) is 33.5 Å². The second-order valence-electron chi connectivity index (χ2n) is 19.0. The zero-order valence-electron chi connectivity index (χ0n) is 37.4. The van der Waals surface area contributed by atoms with Crippen LogP contribution >= 0.6 is 0 Å². The van der Waals surface area contributed by atoms with Gasteiger partial charge in [0.1, 0.15) is 12.2 Å². The third-order valence-corrected chi connectivity index (χ3v) is 16.3. The molecule has 1 aromatic rings. The number of aliphatic hydroxyl groups excluding tert-OH is 1. The van der Waals surface area contributed by atoms with E-state index >= 15 is 0 Å². The smallest absolute Gasteiger partial charge is 0.338 e. The molecular weight excluding hydrogens is 759 g/mol. The van der Waals surface area contributed by atoms with E-state index < -0.39 is 47.1 Å². The number of carbonyl (C=O) groups is 2. The number of nitrogens with zero attached hydrogens (tertiary/aromatic N) is 1. The predicted octanol–water partition coefficient (Wildman–Crippen LogP) is 8.36. The molecule has 7 rings (SSSR count). The summed E-state index contributed by atoms with van der Waals surface area (Å²) < 4.78 is 39.5. The summed E-state index contributed by atoms with van der Waals surface area (Å²) in [7, 11) is 7.02. The lowest BCUT2D eigenvalue weighted by molar-refractivity contribution is -0.304. The van der Waals surface area contributed by atoms with E-state index in [0.717, 1.165) is 64.5 Å². The molecule has 6 aliphatic rings. The number of benzene rings is 1. The van der Waals surface area contributed by atoms with E-state index in [9.17, 15) is 14.7 Å². The van der Waals surface area contributed by atoms with Crippen molar-refractivity contribution in [2.75, 3.05) is 48.1 Å². The average molecular weight is 834 g/mol. The van der Waals surface area contributed by atoms with E-state index in [1.807, 2.05) is 25.3 Å². The van der Waals surface area contributed by atoms with Crippen LogP contribution in [0.5, 0.6) is 0 Å². The normalized spacial score (nSPS) is 38.8. The minimum Gasteiger partial charge on any atom is -0.458 e. The van der Waals surface area contributed by atoms with Gasteiger partial charge in [0.05, 0.1) is 30.5 Å². The van der Waals surface area contributed by atoms with Gasteiger partial charge in [-0.3, -0.25) is 9.69 Å². The van der Waals surface area contributed by atoms with Crippen LogP contribution in [0.15, 0.2) is 54.6 Å². The van der Waals surface area contributed by atoms with Crippen molar-refractivity contribution in [3.05, 3.63) is 60.2 Å². The van der Waals surface area contributed by atoms with Gasteiger partial charge in [-0.2, -0.15) is 0 Å². The monoisotopic (exact) mass is 834 g/mol. The Labute approximate surface area is 360 Å². The highest BCUT2D eigenvalue weighted by Crippen LogP contribution is 2.80. The maximum Gasteiger partial charge on any atom is 0.338 e. The summed E-state index contributed by atoms with van der Waals surface area (Å²) >= 11 is 0. The molecule has 10 heteroatoms. The summed E-state index contributed by atoms with van der Waals surface area (Å²) in [5, 5.41) is 13.0. The maximum atomic E-state index is 14.5. The van der Waals surface area contributed by atoms with E-state index in [2.05, 4.69) is 43.1 Å². The maximum absolute atomic E-state index is 14.5. The Morgan fingerprint density at radius 1 is 0.833 bits per heavy atom. The van der Waals surface area contributed by atoms with Crippen LogP contribution in [0, 0.1) is 40.4 Å². The van der Waals surface area contributed by atoms with Gasteiger partial charge in [0.2, 0.25) is 0 Å². The zero-order valence-corrected chi connectivity index (χ0v) is 37.4. The van der Waals surface area contributed by atoms with Crippen molar-refractivity contribution in [3.8, 4) is 0 Å². The molecular formula is C50H75NO9. The average Bonchev–Trinajstić information content (AvgIpc) is 3.69. The Morgan fingerprint density at radius 3 is 2.20 bits per heavy atom. The van der Waals surface area contributed by atoms with Crippen molar-refractivity contribution in [1.82, 2.24) is 4.90 Å². The highest BCUT2D eigenvalue weighted by atomic mass is 16.6. The van der Waals surface area contributed by atoms with E-state index in [4.69, 9.17) is 28.4 Å². The fourth-order valence-corrected chi connectivity index (χ4v) is 14.4. The molecule has 14 atom stereocenters. The number of carbonyl (C=O) groups excluding carboxylic acids is 2. The van der Waals surface area contributed by atoms with Crippen molar-refractivity contribution in [1.29, 1.82) is 0 Å². The van der Waals surface area contributed by atoms with Crippen LogP contribution < -0.4 is 0 Å². The molecule has 1 aliphatic heterocycles. The molecule has 10 nitrogen and oxygen atoms in total. The Bertz CT molecular complexity index is 1640. The van der Waals surface area contributed by atoms with Crippen molar-refractivity contribution in [2.45, 2.75) is 152 Å². The minimum absolute atomic E-state index is 0.0110. The van der Waals surface area contributed by atoms with Crippen molar-refractivity contribution < 1.29 is 43.1 Å². The number of unbranched alkanes of at least 4 members (excludes halogenated alkanes) is 8. The van der Waals surface area contributed by atoms with E-state index in [0.29, 0.717) is 25.0 Å². The standard InChI is InChI=1S/C50H75NO9/c1-7-9-10-11-12-13-14-15-16-17-18-19-20-21-25-28-38(52)60-50-39-36(31-35(42(57-5)46(50)53)41(39)59-47(54)34-26-23-22-24-27-34)49-37(56-4)29-30-48(33-55-3)32-51(8-2)45(49)40(50)43(58-6)44(48)49/h12-13,15-16,22-24,26-27,35-37,39-46,53H,7-11,14,17-21,25,28-33H2,1-6H3/b13-12-,16-15-/t35?,36-,37+,39-,40+,41+,42-,43+,44-,45?,46+,48+,49+,50-/m1/s1. The first-order valence-corrected chi connectivity index (χ1v) is 23.5. The van der Waals surface area contributed by atoms with Crippen LogP contribution in [0.3, 0.4) is 0 Å². The minimum atomic E-state index is -1.43. The lowest BCUT2D eigenvalue weighted by atomic mass is 9.43. The van der Waals surface area contributed by atoms with Gasteiger partial charge in [0, 0.05) is 81.9 Å². The molecule has 2 unspecified atom stereocenters. The van der Waals surface area contributed by atoms with Gasteiger partial charge in [-0.1, -0.05) is 88.5 Å². The second kappa shape index (κ2) is 19.8. The zero-order chi connectivity index (χ0) is 42.5. The number of likely N-dealkylation sites (tertiary alicyclic amines) is 1. The van der Waals surface area contributed by atoms with Gasteiger partial charge in [-0.15, -0.1) is 0 Å². The first-order chi connectivity index (χ1) is 29.2. The number of fused-ring (bicyclic) bond motifs is 2. The number of piperidine rings is 1. The summed E-state index contributed by atoms with van der Waals surface area (Å²) in [5.74, 6) is -2.06. The number of hydrogen-bond acceptors (Lipinski definition) is 10. The van der Waals surface area contributed by atoms with Crippen LogP contribution in [0.25, 0.3) is 0 Å². The van der Waals surface area contributed by atoms with Gasteiger partial charge in [-0.05, 0) is 82.4 Å². The number of hydrogen-bond donors (Lipinski definition) is 1. The molecule has 0 aromatic heterocycles. The van der Waals surface area contributed by atoms with Crippen molar-refractivity contribution >= 4 is 11.9 Å². The first kappa shape index (κ1) is 45.4. The molecule has 1 N–H and O–H groups in total. The Kier molecular flexibility index (Phi) is 15.0. The topological polar surface area (TPSA) is 113 Å². The molecule has 1 heterocycles. The molecule has 0 amide bonds. The summed E-state index contributed by atoms with van der Waals surface area (Å²) in [6, 6.07) is 8.99. The number of esters is 2. The Morgan fingerprint density at radius 2 is 1.53 bits per heavy atom. The van der Waals surface area contributed by atoms with Gasteiger partial charge in [-0.25, -0.2) is 4.79 Å². The summed E-state index contributed by atoms with van der Waals surface area (Å²) in [4.78, 5) is 31.2. The molecule has 5 saturated carbocycles. The second-order valence-corrected chi connectivity index (χ2v) is 19.0. The molecule has 1 spiro atoms. The quantitative estimate of drug-likeness (QED) is 0.0656. The number of ether oxygens (including phenoxy) is 6. The Hall–Kier alpha value is -2.60. The molecule has 6 fully saturated rings. The number of rotatable bonds is 23. The third-order valence-electron chi connectivity index (χ3n) is 16.3. The molecule has 1 saturated heterocycles. The molecule has 1 aromatic carbocycles. The van der Waals surface area contributed by atoms with Gasteiger partial charge < -0.3 is 33.5 Å². The van der Waals surface area contributed by atoms with Gasteiger partial charge in [0.15, 0.2) is 5.60 Å². The third kappa shape index (κ3) is 7.65. The van der Waals surface area contributed by atoms with Crippen LogP contribution in [0.4, 0.5) is 0 Å². The predicted molar refractivity (Wildman–Crippen MR) is 231 cm³/mol. The van der Waals surface area contributed by atoms with Crippen LogP contribution in [-0.4, -0.2) is 112 Å². The van der Waals surface area contributed by atoms with E-state index in [1.165, 1.54) is 25.7 Å². The number of allylic oxidation sites excluding steroid dienone is 4. The lowest BCUT2D eigenvalue weighted by Gasteiger charge is -2.69. The highest BCUT2D eigenvalue weighted by molar-refractivity contribution is 5.89. The van der Waals surface area contributed by atoms with Crippen molar-refractivity contribution in [3.63, 3.8) is 0 Å². The molecule has 5 aliphatic carbocycles. The van der Waals surface area contributed by atoms with Crippen molar-refractivity contribution in [2.24, 2.45) is 40.4 Å². The summed E-state index contributed by atoms with van der Waals surface area (Å²) in [5.41, 5.74) is -1.64. The van der Waals surface area contributed by atoms with Gasteiger partial charge >= 0.3 is 11.9 Å². The largest absolute Gasteiger partial charge is 0.458 e. The van der Waals surface area contributed by atoms with Crippen LogP contribution in [-0.2, 0) is 33.2 Å².